The number of hydrogen-bond acceptors (Lipinski definition) is 6. The van der Waals surface area contributed by atoms with Crippen molar-refractivity contribution in [2.24, 2.45) is 0 Å². The molecule has 1 aromatic carbocycles. The van der Waals surface area contributed by atoms with E-state index in [1.54, 1.807) is 6.92 Å². The minimum atomic E-state index is -4.00. The third kappa shape index (κ3) is 5.10. The summed E-state index contributed by atoms with van der Waals surface area (Å²) in [6.45, 7) is 4.00. The summed E-state index contributed by atoms with van der Waals surface area (Å²) in [4.78, 5) is 10.5. The van der Waals surface area contributed by atoms with Gasteiger partial charge in [0.25, 0.3) is 0 Å². The van der Waals surface area contributed by atoms with E-state index in [1.807, 2.05) is 6.07 Å². The number of halogens is 2. The zero-order valence-corrected chi connectivity index (χ0v) is 15.7. The molecule has 1 aliphatic heterocycles. The minimum Gasteiger partial charge on any atom is -0.369 e. The summed E-state index contributed by atoms with van der Waals surface area (Å²) < 4.78 is 53.0. The average Bonchev–Trinajstić information content (AvgIpc) is 3.12. The number of rotatable bonds is 7. The van der Waals surface area contributed by atoms with Crippen molar-refractivity contribution in [3.8, 4) is 0 Å². The summed E-state index contributed by atoms with van der Waals surface area (Å²) in [5, 5.41) is 3.04. The molecule has 1 aliphatic rings. The molecular formula is C17H21F2N5O2S. The monoisotopic (exact) mass is 397 g/mol. The van der Waals surface area contributed by atoms with Crippen molar-refractivity contribution in [3.05, 3.63) is 41.7 Å². The van der Waals surface area contributed by atoms with Gasteiger partial charge in [-0.1, -0.05) is 0 Å². The first-order valence-corrected chi connectivity index (χ1v) is 10.1. The average molecular weight is 397 g/mol. The molecule has 3 rings (SSSR count). The Labute approximate surface area is 156 Å². The Balaban J connectivity index is 1.58. The van der Waals surface area contributed by atoms with Gasteiger partial charge in [0.2, 0.25) is 10.0 Å². The number of hydrogen-bond donors (Lipinski definition) is 2. The molecule has 0 amide bonds. The minimum absolute atomic E-state index is 0.0303. The number of benzene rings is 1. The first kappa shape index (κ1) is 19.4. The highest BCUT2D eigenvalue weighted by molar-refractivity contribution is 7.89. The van der Waals surface area contributed by atoms with E-state index in [1.165, 1.54) is 0 Å². The largest absolute Gasteiger partial charge is 0.369 e. The maximum atomic E-state index is 13.2. The zero-order chi connectivity index (χ0) is 19.4. The number of anilines is 2. The maximum absolute atomic E-state index is 13.2. The summed E-state index contributed by atoms with van der Waals surface area (Å²) in [6, 6.07) is 3.99. The van der Waals surface area contributed by atoms with Crippen molar-refractivity contribution in [3.63, 3.8) is 0 Å². The van der Waals surface area contributed by atoms with E-state index in [0.29, 0.717) is 17.7 Å². The zero-order valence-electron chi connectivity index (χ0n) is 14.9. The first-order chi connectivity index (χ1) is 12.8. The molecule has 2 aromatic rings. The molecule has 2 heterocycles. The summed E-state index contributed by atoms with van der Waals surface area (Å²) in [5.41, 5.74) is 0. The number of nitrogens with one attached hydrogen (secondary N) is 2. The van der Waals surface area contributed by atoms with Crippen LogP contribution in [0.4, 0.5) is 20.4 Å². The molecule has 146 valence electrons. The lowest BCUT2D eigenvalue weighted by atomic mass is 10.3. The topological polar surface area (TPSA) is 87.2 Å². The summed E-state index contributed by atoms with van der Waals surface area (Å²) in [6.07, 6.45) is 2.27. The SMILES string of the molecule is Cc1nc(NCCNS(=O)(=O)c2cc(F)cc(F)c2)cc(N2CCCC2)n1. The molecule has 1 aromatic heterocycles. The van der Waals surface area contributed by atoms with Crippen LogP contribution in [0.3, 0.4) is 0 Å². The van der Waals surface area contributed by atoms with Gasteiger partial charge in [-0.25, -0.2) is 31.9 Å². The lowest BCUT2D eigenvalue weighted by Gasteiger charge is -2.17. The van der Waals surface area contributed by atoms with E-state index >= 15 is 0 Å². The second-order valence-electron chi connectivity index (χ2n) is 6.28. The second-order valence-corrected chi connectivity index (χ2v) is 8.05. The fourth-order valence-corrected chi connectivity index (χ4v) is 3.97. The third-order valence-electron chi connectivity index (χ3n) is 4.12. The van der Waals surface area contributed by atoms with E-state index in [-0.39, 0.29) is 13.1 Å². The predicted octanol–water partition coefficient (Wildman–Crippen LogP) is 2.05. The number of aryl methyl sites for hydroxylation is 1. The Bertz CT molecular complexity index is 897. The lowest BCUT2D eigenvalue weighted by molar-refractivity contribution is 0.562. The summed E-state index contributed by atoms with van der Waals surface area (Å²) in [7, 11) is -4.00. The molecule has 0 atom stereocenters. The smallest absolute Gasteiger partial charge is 0.240 e. The predicted molar refractivity (Wildman–Crippen MR) is 98.3 cm³/mol. The van der Waals surface area contributed by atoms with Gasteiger partial charge in [-0.2, -0.15) is 0 Å². The molecule has 0 aliphatic carbocycles. The Hall–Kier alpha value is -2.33. The Morgan fingerprint density at radius 1 is 1.04 bits per heavy atom. The Kier molecular flexibility index (Phi) is 5.85. The second kappa shape index (κ2) is 8.13. The number of aromatic nitrogens is 2. The highest BCUT2D eigenvalue weighted by atomic mass is 32.2. The van der Waals surface area contributed by atoms with Crippen LogP contribution in [-0.4, -0.2) is 44.6 Å². The Morgan fingerprint density at radius 2 is 1.70 bits per heavy atom. The molecule has 1 saturated heterocycles. The van der Waals surface area contributed by atoms with Crippen molar-refractivity contribution in [1.82, 2.24) is 14.7 Å². The standard InChI is InChI=1S/C17H21F2N5O2S/c1-12-22-16(11-17(23-12)24-6-2-3-7-24)20-4-5-21-27(25,26)15-9-13(18)8-14(19)10-15/h8-11,21H,2-7H2,1H3,(H,20,22,23). The summed E-state index contributed by atoms with van der Waals surface area (Å²) >= 11 is 0. The highest BCUT2D eigenvalue weighted by Gasteiger charge is 2.17. The van der Waals surface area contributed by atoms with E-state index in [0.717, 1.165) is 43.9 Å². The van der Waals surface area contributed by atoms with Gasteiger partial charge in [0, 0.05) is 38.3 Å². The summed E-state index contributed by atoms with van der Waals surface area (Å²) in [5.74, 6) is 0.176. The molecule has 0 bridgehead atoms. The van der Waals surface area contributed by atoms with E-state index in [4.69, 9.17) is 0 Å². The van der Waals surface area contributed by atoms with Crippen LogP contribution < -0.4 is 14.9 Å². The molecule has 0 spiro atoms. The van der Waals surface area contributed by atoms with Gasteiger partial charge in [-0.05, 0) is 31.9 Å². The van der Waals surface area contributed by atoms with Crippen LogP contribution in [-0.2, 0) is 10.0 Å². The van der Waals surface area contributed by atoms with Crippen molar-refractivity contribution in [2.75, 3.05) is 36.4 Å². The molecule has 7 nitrogen and oxygen atoms in total. The van der Waals surface area contributed by atoms with Crippen LogP contribution in [0.5, 0.6) is 0 Å². The van der Waals surface area contributed by atoms with Gasteiger partial charge in [0.1, 0.15) is 29.1 Å². The van der Waals surface area contributed by atoms with Crippen molar-refractivity contribution >= 4 is 21.7 Å². The molecule has 0 unspecified atom stereocenters. The molecule has 27 heavy (non-hydrogen) atoms. The van der Waals surface area contributed by atoms with Crippen molar-refractivity contribution in [2.45, 2.75) is 24.7 Å². The third-order valence-corrected chi connectivity index (χ3v) is 5.56. The number of sulfonamides is 1. The van der Waals surface area contributed by atoms with Crippen LogP contribution in [0.25, 0.3) is 0 Å². The highest BCUT2D eigenvalue weighted by Crippen LogP contribution is 2.20. The molecule has 0 saturated carbocycles. The fraction of sp³-hybridized carbons (Fsp3) is 0.412. The quantitative estimate of drug-likeness (QED) is 0.696. The van der Waals surface area contributed by atoms with Crippen LogP contribution >= 0.6 is 0 Å². The van der Waals surface area contributed by atoms with Gasteiger partial charge < -0.3 is 10.2 Å². The van der Waals surface area contributed by atoms with E-state index < -0.39 is 26.6 Å². The van der Waals surface area contributed by atoms with Gasteiger partial charge in [-0.3, -0.25) is 0 Å². The van der Waals surface area contributed by atoms with Crippen LogP contribution in [0.1, 0.15) is 18.7 Å². The van der Waals surface area contributed by atoms with Crippen LogP contribution in [0.2, 0.25) is 0 Å². The van der Waals surface area contributed by atoms with Gasteiger partial charge >= 0.3 is 0 Å². The van der Waals surface area contributed by atoms with Crippen molar-refractivity contribution < 1.29 is 17.2 Å². The lowest BCUT2D eigenvalue weighted by Crippen LogP contribution is -2.29. The number of nitrogens with zero attached hydrogens (tertiary/aromatic N) is 3. The van der Waals surface area contributed by atoms with Crippen LogP contribution in [0.15, 0.2) is 29.2 Å². The molecule has 10 heteroatoms. The first-order valence-electron chi connectivity index (χ1n) is 8.64. The van der Waals surface area contributed by atoms with Crippen molar-refractivity contribution in [1.29, 1.82) is 0 Å². The fourth-order valence-electron chi connectivity index (χ4n) is 2.89. The van der Waals surface area contributed by atoms with Crippen LogP contribution in [0, 0.1) is 18.6 Å². The van der Waals surface area contributed by atoms with Gasteiger partial charge in [-0.15, -0.1) is 0 Å². The maximum Gasteiger partial charge on any atom is 0.240 e. The normalized spacial score (nSPS) is 14.6. The van der Waals surface area contributed by atoms with E-state index in [2.05, 4.69) is 24.9 Å². The van der Waals surface area contributed by atoms with E-state index in [9.17, 15) is 17.2 Å². The molecule has 0 radical (unpaired) electrons. The van der Waals surface area contributed by atoms with Gasteiger partial charge in [0.05, 0.1) is 4.90 Å². The molecule has 2 N–H and O–H groups in total. The molecule has 1 fully saturated rings. The molecular weight excluding hydrogens is 376 g/mol. The van der Waals surface area contributed by atoms with Gasteiger partial charge in [0.15, 0.2) is 0 Å². The Morgan fingerprint density at radius 3 is 2.37 bits per heavy atom.